The number of hydrogen-bond donors (Lipinski definition) is 1. The fourth-order valence-corrected chi connectivity index (χ4v) is 3.77. The Kier molecular flexibility index (Phi) is 8.38. The van der Waals surface area contributed by atoms with Gasteiger partial charge in [0.2, 0.25) is 11.5 Å². The molecule has 12 heteroatoms. The number of aromatic amines is 1. The van der Waals surface area contributed by atoms with Gasteiger partial charge in [0.15, 0.2) is 0 Å². The number of carbonyl (C=O) groups excluding carboxylic acids is 1. The van der Waals surface area contributed by atoms with Crippen molar-refractivity contribution in [1.82, 2.24) is 19.1 Å². The van der Waals surface area contributed by atoms with E-state index in [1.54, 1.807) is 67.6 Å². The summed E-state index contributed by atoms with van der Waals surface area (Å²) in [5, 5.41) is 9.77. The molecule has 0 saturated carbocycles. The van der Waals surface area contributed by atoms with Crippen LogP contribution in [0.1, 0.15) is 18.1 Å². The molecule has 0 aliphatic carbocycles. The molecule has 39 heavy (non-hydrogen) atoms. The van der Waals surface area contributed by atoms with Crippen molar-refractivity contribution in [2.45, 2.75) is 20.0 Å². The predicted molar refractivity (Wildman–Crippen MR) is 142 cm³/mol. The van der Waals surface area contributed by atoms with E-state index < -0.39 is 23.3 Å². The third-order valence-electron chi connectivity index (χ3n) is 5.67. The lowest BCUT2D eigenvalue weighted by atomic mass is 10.2. The minimum Gasteiger partial charge on any atom is -0.469 e. The molecule has 11 nitrogen and oxygen atoms in total. The number of halogens is 1. The number of ether oxygens (including phenoxy) is 2. The molecule has 1 atom stereocenters. The maximum atomic E-state index is 13.5. The number of methoxy groups -OCH3 is 1. The first-order valence-corrected chi connectivity index (χ1v) is 12.1. The third-order valence-corrected chi connectivity index (χ3v) is 5.93. The Morgan fingerprint density at radius 1 is 1.13 bits per heavy atom. The van der Waals surface area contributed by atoms with E-state index in [0.717, 1.165) is 10.1 Å². The summed E-state index contributed by atoms with van der Waals surface area (Å²) in [6, 6.07) is 18.6. The molecule has 0 spiro atoms. The van der Waals surface area contributed by atoms with Crippen LogP contribution in [-0.2, 0) is 22.6 Å². The number of rotatable bonds is 8. The van der Waals surface area contributed by atoms with Crippen LogP contribution in [0.15, 0.2) is 81.4 Å². The van der Waals surface area contributed by atoms with E-state index in [1.165, 1.54) is 17.9 Å². The molecule has 198 valence electrons. The summed E-state index contributed by atoms with van der Waals surface area (Å²) in [6.07, 6.45) is 1.52. The first-order chi connectivity index (χ1) is 18.8. The topological polar surface area (TPSA) is 144 Å². The van der Waals surface area contributed by atoms with Crippen LogP contribution in [0.3, 0.4) is 0 Å². The number of pyridine rings is 1. The fraction of sp³-hybridized carbons (Fsp3) is 0.185. The lowest BCUT2D eigenvalue weighted by molar-refractivity contribution is -0.145. The number of nitrogens with one attached hydrogen (secondary N) is 1. The predicted octanol–water partition coefficient (Wildman–Crippen LogP) is 3.14. The number of H-pyrrole nitrogens is 1. The SMILES string of the molecule is COC(=O)[C@@H](C)Cn1c(=O)[nH]/c(=N\c2ccc(Oc3ncccc3C#N)cc2)n(Cc2ccc(Cl)cc2)c1=O. The van der Waals surface area contributed by atoms with Crippen molar-refractivity contribution in [3.8, 4) is 17.7 Å². The number of benzene rings is 2. The van der Waals surface area contributed by atoms with Crippen molar-refractivity contribution in [3.05, 3.63) is 110 Å². The van der Waals surface area contributed by atoms with Gasteiger partial charge in [0.25, 0.3) is 0 Å². The number of carbonyl (C=O) groups is 1. The molecule has 1 N–H and O–H groups in total. The third kappa shape index (κ3) is 6.49. The zero-order chi connectivity index (χ0) is 27.9. The van der Waals surface area contributed by atoms with Gasteiger partial charge in [-0.3, -0.25) is 14.3 Å². The summed E-state index contributed by atoms with van der Waals surface area (Å²) < 4.78 is 12.7. The van der Waals surface area contributed by atoms with Crippen LogP contribution in [-0.4, -0.2) is 32.2 Å². The molecular weight excluding hydrogens is 524 g/mol. The molecule has 0 aliphatic heterocycles. The molecule has 0 radical (unpaired) electrons. The van der Waals surface area contributed by atoms with E-state index in [-0.39, 0.29) is 30.2 Å². The van der Waals surface area contributed by atoms with Gasteiger partial charge in [0, 0.05) is 17.8 Å². The van der Waals surface area contributed by atoms with Gasteiger partial charge in [-0.1, -0.05) is 30.7 Å². The molecule has 0 saturated heterocycles. The normalized spacial score (nSPS) is 12.0. The Hall–Kier alpha value is -4.95. The van der Waals surface area contributed by atoms with Crippen molar-refractivity contribution < 1.29 is 14.3 Å². The Morgan fingerprint density at radius 2 is 1.85 bits per heavy atom. The van der Waals surface area contributed by atoms with E-state index in [1.807, 2.05) is 6.07 Å². The summed E-state index contributed by atoms with van der Waals surface area (Å²) in [5.74, 6) is -0.693. The highest BCUT2D eigenvalue weighted by molar-refractivity contribution is 6.30. The van der Waals surface area contributed by atoms with Crippen LogP contribution in [0.5, 0.6) is 11.6 Å². The number of hydrogen-bond acceptors (Lipinski definition) is 8. The summed E-state index contributed by atoms with van der Waals surface area (Å²) in [7, 11) is 1.24. The number of nitrogens with zero attached hydrogens (tertiary/aromatic N) is 5. The summed E-state index contributed by atoms with van der Waals surface area (Å²) in [4.78, 5) is 49.4. The van der Waals surface area contributed by atoms with Gasteiger partial charge in [-0.05, 0) is 54.1 Å². The van der Waals surface area contributed by atoms with Crippen molar-refractivity contribution in [2.75, 3.05) is 7.11 Å². The standard InChI is InChI=1S/C27H23ClN6O5/c1-17(24(35)38-2)15-34-26(36)32-25(33(27(34)37)16-18-5-7-20(28)8-6-18)31-21-9-11-22(12-10-21)39-23-19(14-29)4-3-13-30-23/h3-13,17H,15-16H2,1-2H3,(H,31,32,36)/t17-/m0/s1. The highest BCUT2D eigenvalue weighted by atomic mass is 35.5. The van der Waals surface area contributed by atoms with Gasteiger partial charge < -0.3 is 9.47 Å². The highest BCUT2D eigenvalue weighted by Crippen LogP contribution is 2.24. The number of aromatic nitrogens is 4. The van der Waals surface area contributed by atoms with E-state index in [2.05, 4.69) is 15.0 Å². The average molecular weight is 547 g/mol. The summed E-state index contributed by atoms with van der Waals surface area (Å²) >= 11 is 6.00. The number of esters is 1. The zero-order valence-corrected chi connectivity index (χ0v) is 21.8. The largest absolute Gasteiger partial charge is 0.469 e. The molecule has 4 aromatic rings. The van der Waals surface area contributed by atoms with E-state index in [9.17, 15) is 19.6 Å². The monoisotopic (exact) mass is 546 g/mol. The Balaban J connectivity index is 1.74. The van der Waals surface area contributed by atoms with Gasteiger partial charge in [-0.25, -0.2) is 24.1 Å². The van der Waals surface area contributed by atoms with Crippen LogP contribution in [0.2, 0.25) is 5.02 Å². The molecule has 0 amide bonds. The second kappa shape index (κ2) is 12.1. The maximum Gasteiger partial charge on any atom is 0.335 e. The fourth-order valence-electron chi connectivity index (χ4n) is 3.65. The van der Waals surface area contributed by atoms with E-state index in [4.69, 9.17) is 21.1 Å². The minimum absolute atomic E-state index is 0.00656. The lowest BCUT2D eigenvalue weighted by Gasteiger charge is -2.14. The average Bonchev–Trinajstić information content (AvgIpc) is 2.95. The van der Waals surface area contributed by atoms with Crippen LogP contribution < -0.4 is 21.7 Å². The second-order valence-corrected chi connectivity index (χ2v) is 8.90. The summed E-state index contributed by atoms with van der Waals surface area (Å²) in [5.41, 5.74) is 0.0824. The van der Waals surface area contributed by atoms with Crippen molar-refractivity contribution in [1.29, 1.82) is 5.26 Å². The second-order valence-electron chi connectivity index (χ2n) is 8.46. The van der Waals surface area contributed by atoms with Gasteiger partial charge in [-0.2, -0.15) is 5.26 Å². The molecule has 2 aromatic heterocycles. The Bertz CT molecular complexity index is 1720. The van der Waals surface area contributed by atoms with E-state index >= 15 is 0 Å². The zero-order valence-electron chi connectivity index (χ0n) is 21.0. The highest BCUT2D eigenvalue weighted by Gasteiger charge is 2.18. The lowest BCUT2D eigenvalue weighted by Crippen LogP contribution is -2.51. The molecule has 0 unspecified atom stereocenters. The molecular formula is C27H23ClN6O5. The van der Waals surface area contributed by atoms with Gasteiger partial charge in [-0.15, -0.1) is 0 Å². The summed E-state index contributed by atoms with van der Waals surface area (Å²) in [6.45, 7) is 1.47. The maximum absolute atomic E-state index is 13.5. The Morgan fingerprint density at radius 3 is 2.51 bits per heavy atom. The molecule has 2 heterocycles. The molecule has 0 aliphatic rings. The first-order valence-electron chi connectivity index (χ1n) is 11.7. The van der Waals surface area contributed by atoms with Crippen LogP contribution in [0, 0.1) is 17.2 Å². The van der Waals surface area contributed by atoms with Crippen LogP contribution in [0.25, 0.3) is 0 Å². The van der Waals surface area contributed by atoms with Crippen LogP contribution >= 0.6 is 11.6 Å². The van der Waals surface area contributed by atoms with Crippen molar-refractivity contribution >= 4 is 23.3 Å². The number of nitriles is 1. The van der Waals surface area contributed by atoms with Crippen molar-refractivity contribution in [2.24, 2.45) is 10.9 Å². The van der Waals surface area contributed by atoms with Gasteiger partial charge in [0.05, 0.1) is 25.3 Å². The molecule has 2 aromatic carbocycles. The quantitative estimate of drug-likeness (QED) is 0.334. The van der Waals surface area contributed by atoms with Crippen LogP contribution in [0.4, 0.5) is 5.69 Å². The smallest absolute Gasteiger partial charge is 0.335 e. The first kappa shape index (κ1) is 27.1. The molecule has 0 bridgehead atoms. The molecule has 4 rings (SSSR count). The van der Waals surface area contributed by atoms with E-state index in [0.29, 0.717) is 16.5 Å². The van der Waals surface area contributed by atoms with Gasteiger partial charge >= 0.3 is 17.3 Å². The molecule has 0 fully saturated rings. The van der Waals surface area contributed by atoms with Gasteiger partial charge in [0.1, 0.15) is 17.4 Å². The van der Waals surface area contributed by atoms with Crippen molar-refractivity contribution in [3.63, 3.8) is 0 Å². The Labute approximate surface area is 227 Å². The minimum atomic E-state index is -0.728.